The van der Waals surface area contributed by atoms with Crippen molar-refractivity contribution in [3.8, 4) is 0 Å². The maximum absolute atomic E-state index is 5.84. The highest BCUT2D eigenvalue weighted by Crippen LogP contribution is 2.28. The van der Waals surface area contributed by atoms with Crippen molar-refractivity contribution in [2.24, 2.45) is 10.7 Å². The Morgan fingerprint density at radius 1 is 1.21 bits per heavy atom. The van der Waals surface area contributed by atoms with Gasteiger partial charge >= 0.3 is 0 Å². The first-order valence-corrected chi connectivity index (χ1v) is 9.78. The van der Waals surface area contributed by atoms with Crippen LogP contribution in [0.2, 0.25) is 0 Å². The van der Waals surface area contributed by atoms with Gasteiger partial charge in [0, 0.05) is 11.3 Å². The molecule has 0 saturated carbocycles. The second-order valence-electron chi connectivity index (χ2n) is 7.14. The first kappa shape index (κ1) is 21.7. The largest absolute Gasteiger partial charge is 0.437 e. The van der Waals surface area contributed by atoms with E-state index in [4.69, 9.17) is 18.7 Å². The maximum Gasteiger partial charge on any atom is 0.222 e. The molecule has 2 radical (unpaired) electrons. The molecule has 0 atom stereocenters. The quantitative estimate of drug-likeness (QED) is 0.501. The molecule has 144 valence electrons. The number of allylic oxidation sites excluding steroid dienone is 7. The first-order valence-electron chi connectivity index (χ1n) is 9.78. The van der Waals surface area contributed by atoms with E-state index in [1.165, 1.54) is 5.56 Å². The predicted octanol–water partition coefficient (Wildman–Crippen LogP) is 4.96. The summed E-state index contributed by atoms with van der Waals surface area (Å²) in [4.78, 5) is 4.83. The molecule has 0 spiro atoms. The Hall–Kier alpha value is -2.59. The van der Waals surface area contributed by atoms with Crippen LogP contribution in [0.5, 0.6) is 0 Å². The molecule has 1 aromatic rings. The van der Waals surface area contributed by atoms with Gasteiger partial charge in [-0.05, 0) is 67.7 Å². The van der Waals surface area contributed by atoms with Crippen molar-refractivity contribution >= 4 is 19.8 Å². The van der Waals surface area contributed by atoms with Crippen LogP contribution in [0.4, 0.5) is 0 Å². The zero-order chi connectivity index (χ0) is 20.5. The molecular weight excluding hydrogens is 341 g/mol. The highest BCUT2D eigenvalue weighted by Gasteiger charge is 2.16. The van der Waals surface area contributed by atoms with E-state index in [9.17, 15) is 0 Å². The van der Waals surface area contributed by atoms with Gasteiger partial charge in [-0.2, -0.15) is 0 Å². The Morgan fingerprint density at radius 2 is 1.93 bits per heavy atom. The molecule has 3 nitrogen and oxygen atoms in total. The number of benzene rings is 1. The second-order valence-corrected chi connectivity index (χ2v) is 7.14. The van der Waals surface area contributed by atoms with Crippen LogP contribution in [0, 0.1) is 0 Å². The van der Waals surface area contributed by atoms with Crippen LogP contribution < -0.4 is 11.0 Å². The minimum Gasteiger partial charge on any atom is -0.437 e. The van der Waals surface area contributed by atoms with Gasteiger partial charge < -0.3 is 11.0 Å². The summed E-state index contributed by atoms with van der Waals surface area (Å²) in [6.45, 7) is 8.97. The monoisotopic (exact) mass is 371 g/mol. The molecule has 0 aromatic heterocycles. The molecule has 4 heteroatoms. The summed E-state index contributed by atoms with van der Waals surface area (Å²) in [7, 11) is 5.75. The van der Waals surface area contributed by atoms with Gasteiger partial charge in [0.15, 0.2) is 0 Å². The van der Waals surface area contributed by atoms with Gasteiger partial charge in [0.05, 0.1) is 11.4 Å². The highest BCUT2D eigenvalue weighted by molar-refractivity contribution is 6.10. The summed E-state index contributed by atoms with van der Waals surface area (Å²) >= 11 is 0. The number of rotatable bonds is 8. The average molecular weight is 371 g/mol. The maximum atomic E-state index is 5.84. The lowest BCUT2D eigenvalue weighted by Crippen LogP contribution is -2.14. The minimum absolute atomic E-state index is 0.532. The van der Waals surface area contributed by atoms with Crippen molar-refractivity contribution in [2.75, 3.05) is 6.54 Å². The van der Waals surface area contributed by atoms with Gasteiger partial charge in [-0.1, -0.05) is 56.3 Å². The summed E-state index contributed by atoms with van der Waals surface area (Å²) < 4.78 is 0. The molecule has 2 rings (SSSR count). The highest BCUT2D eigenvalue weighted by atomic mass is 14.8. The van der Waals surface area contributed by atoms with E-state index in [-0.39, 0.29) is 0 Å². The first-order chi connectivity index (χ1) is 13.5. The molecule has 0 bridgehead atoms. The van der Waals surface area contributed by atoms with Gasteiger partial charge in [-0.3, -0.25) is 0 Å². The Bertz CT molecular complexity index is 850. The van der Waals surface area contributed by atoms with E-state index in [0.29, 0.717) is 18.9 Å². The number of nitrogens with two attached hydrogens (primary N) is 1. The van der Waals surface area contributed by atoms with Crippen LogP contribution in [0.1, 0.15) is 51.2 Å². The predicted molar refractivity (Wildman–Crippen MR) is 123 cm³/mol. The van der Waals surface area contributed by atoms with E-state index in [2.05, 4.69) is 62.4 Å². The van der Waals surface area contributed by atoms with Crippen molar-refractivity contribution in [2.45, 2.75) is 40.0 Å². The average Bonchev–Trinajstić information content (AvgIpc) is 3.06. The third kappa shape index (κ3) is 5.70. The molecule has 0 fully saturated rings. The van der Waals surface area contributed by atoms with Crippen LogP contribution in [-0.4, -0.2) is 20.2 Å². The fourth-order valence-electron chi connectivity index (χ4n) is 3.06. The van der Waals surface area contributed by atoms with Crippen LogP contribution in [0.15, 0.2) is 82.2 Å². The standard InChI is InChI=1S/C24H30BN3/c1-5-6-7-23(28-25)22(14-15-26)24-18(4)16-21(27-24)13-10-19-8-11-20(12-9-19)17(2)3/h5-13,16-17,28H,14-15,26H2,1-4H3/b6-5-,13-10+,23-7-,24-22-. The van der Waals surface area contributed by atoms with Gasteiger partial charge in [0.2, 0.25) is 7.98 Å². The summed E-state index contributed by atoms with van der Waals surface area (Å²) in [6.07, 6.45) is 12.8. The third-order valence-corrected chi connectivity index (χ3v) is 4.64. The number of hydrogen-bond donors (Lipinski definition) is 2. The smallest absolute Gasteiger partial charge is 0.222 e. The molecule has 0 unspecified atom stereocenters. The minimum atomic E-state index is 0.532. The lowest BCUT2D eigenvalue weighted by atomic mass is 10.0. The number of nitrogens with one attached hydrogen (secondary N) is 1. The van der Waals surface area contributed by atoms with Crippen molar-refractivity contribution < 1.29 is 0 Å². The van der Waals surface area contributed by atoms with Crippen molar-refractivity contribution in [3.63, 3.8) is 0 Å². The van der Waals surface area contributed by atoms with E-state index < -0.39 is 0 Å². The fraction of sp³-hybridized carbons (Fsp3) is 0.292. The molecule has 0 amide bonds. The van der Waals surface area contributed by atoms with Crippen molar-refractivity contribution in [3.05, 3.63) is 88.3 Å². The molecule has 1 heterocycles. The molecule has 0 aliphatic carbocycles. The summed E-state index contributed by atoms with van der Waals surface area (Å²) in [5.74, 6) is 0.539. The number of hydrogen-bond acceptors (Lipinski definition) is 3. The number of nitrogens with zero attached hydrogens (tertiary/aromatic N) is 1. The normalized spacial score (nSPS) is 16.9. The van der Waals surface area contributed by atoms with Crippen LogP contribution >= 0.6 is 0 Å². The zero-order valence-corrected chi connectivity index (χ0v) is 17.4. The van der Waals surface area contributed by atoms with Gasteiger partial charge in [0.1, 0.15) is 0 Å². The van der Waals surface area contributed by atoms with Crippen LogP contribution in [0.25, 0.3) is 6.08 Å². The van der Waals surface area contributed by atoms with Gasteiger partial charge in [-0.15, -0.1) is 0 Å². The Labute approximate surface area is 171 Å². The lowest BCUT2D eigenvalue weighted by Gasteiger charge is -2.14. The molecule has 1 aromatic carbocycles. The number of aliphatic imine (C=N–C) groups is 1. The summed E-state index contributed by atoms with van der Waals surface area (Å²) in [5.41, 5.74) is 13.2. The Morgan fingerprint density at radius 3 is 2.50 bits per heavy atom. The molecule has 1 aliphatic rings. The third-order valence-electron chi connectivity index (χ3n) is 4.64. The Balaban J connectivity index is 2.32. The van der Waals surface area contributed by atoms with Gasteiger partial charge in [0.25, 0.3) is 0 Å². The van der Waals surface area contributed by atoms with E-state index in [1.54, 1.807) is 0 Å². The van der Waals surface area contributed by atoms with Crippen molar-refractivity contribution in [1.82, 2.24) is 5.23 Å². The molecule has 1 aliphatic heterocycles. The van der Waals surface area contributed by atoms with Crippen LogP contribution in [0.3, 0.4) is 0 Å². The van der Waals surface area contributed by atoms with Crippen molar-refractivity contribution in [1.29, 1.82) is 0 Å². The van der Waals surface area contributed by atoms with E-state index in [0.717, 1.165) is 33.8 Å². The van der Waals surface area contributed by atoms with Crippen LogP contribution in [-0.2, 0) is 0 Å². The molecule has 0 saturated heterocycles. The second kappa shape index (κ2) is 10.7. The summed E-state index contributed by atoms with van der Waals surface area (Å²) in [6, 6.07) is 8.64. The lowest BCUT2D eigenvalue weighted by molar-refractivity contribution is 0.866. The fourth-order valence-corrected chi connectivity index (χ4v) is 3.06. The van der Waals surface area contributed by atoms with E-state index >= 15 is 0 Å². The molecule has 28 heavy (non-hydrogen) atoms. The SMILES string of the molecule is [B]NC(=C\C=C/C)/C(CCN)=C1N=C(/C=C/c2ccc(C(C)C)cc2)C=C\1C. The Kier molecular flexibility index (Phi) is 8.28. The topological polar surface area (TPSA) is 50.4 Å². The van der Waals surface area contributed by atoms with Gasteiger partial charge in [-0.25, -0.2) is 4.99 Å². The summed E-state index contributed by atoms with van der Waals surface area (Å²) in [5, 5.41) is 2.79. The molecule has 3 N–H and O–H groups in total. The van der Waals surface area contributed by atoms with E-state index in [1.807, 2.05) is 31.2 Å². The molecular formula is C24H30BN3. The zero-order valence-electron chi connectivity index (χ0n) is 17.4.